The van der Waals surface area contributed by atoms with Crippen LogP contribution in [-0.4, -0.2) is 4.98 Å². The fourth-order valence-corrected chi connectivity index (χ4v) is 2.41. The zero-order valence-corrected chi connectivity index (χ0v) is 10.7. The minimum absolute atomic E-state index is 0.657. The van der Waals surface area contributed by atoms with Gasteiger partial charge in [-0.05, 0) is 23.1 Å². The highest BCUT2D eigenvalue weighted by molar-refractivity contribution is 6.33. The number of fused-ring (bicyclic) bond motifs is 1. The van der Waals surface area contributed by atoms with Gasteiger partial charge in [-0.1, -0.05) is 41.9 Å². The number of halogens is 1. The summed E-state index contributed by atoms with van der Waals surface area (Å²) < 4.78 is 0. The maximum absolute atomic E-state index is 9.16. The Morgan fingerprint density at radius 3 is 2.47 bits per heavy atom. The normalized spacial score (nSPS) is 10.3. The minimum atomic E-state index is 0.657. The van der Waals surface area contributed by atoms with Crippen LogP contribution in [0.2, 0.25) is 5.02 Å². The molecule has 0 bridgehead atoms. The maximum Gasteiger partial charge on any atom is 0.0998 e. The molecule has 0 atom stereocenters. The average molecular weight is 265 g/mol. The van der Waals surface area contributed by atoms with E-state index in [4.69, 9.17) is 16.9 Å². The van der Waals surface area contributed by atoms with Gasteiger partial charge in [0.05, 0.1) is 16.7 Å². The van der Waals surface area contributed by atoms with Crippen LogP contribution in [0.3, 0.4) is 0 Å². The van der Waals surface area contributed by atoms with Crippen molar-refractivity contribution in [1.82, 2.24) is 4.98 Å². The lowest BCUT2D eigenvalue weighted by atomic mass is 9.96. The van der Waals surface area contributed by atoms with E-state index in [1.54, 1.807) is 18.5 Å². The number of rotatable bonds is 1. The molecule has 19 heavy (non-hydrogen) atoms. The van der Waals surface area contributed by atoms with Crippen molar-refractivity contribution in [3.8, 4) is 17.2 Å². The molecule has 0 fully saturated rings. The molecule has 0 saturated carbocycles. The van der Waals surface area contributed by atoms with Crippen molar-refractivity contribution in [1.29, 1.82) is 5.26 Å². The molecule has 0 spiro atoms. The van der Waals surface area contributed by atoms with E-state index in [9.17, 15) is 0 Å². The monoisotopic (exact) mass is 264 g/mol. The van der Waals surface area contributed by atoms with Crippen molar-refractivity contribution in [2.45, 2.75) is 0 Å². The van der Waals surface area contributed by atoms with Gasteiger partial charge in [-0.25, -0.2) is 0 Å². The summed E-state index contributed by atoms with van der Waals surface area (Å²) in [6.45, 7) is 0. The third kappa shape index (κ3) is 1.95. The van der Waals surface area contributed by atoms with Gasteiger partial charge in [0.15, 0.2) is 0 Å². The first kappa shape index (κ1) is 11.7. The van der Waals surface area contributed by atoms with Crippen LogP contribution in [0.4, 0.5) is 0 Å². The van der Waals surface area contributed by atoms with Gasteiger partial charge in [-0.2, -0.15) is 5.26 Å². The van der Waals surface area contributed by atoms with E-state index in [0.717, 1.165) is 21.9 Å². The van der Waals surface area contributed by atoms with Crippen molar-refractivity contribution in [2.75, 3.05) is 0 Å². The second kappa shape index (κ2) is 4.72. The Labute approximate surface area is 115 Å². The molecule has 90 valence electrons. The molecule has 0 amide bonds. The first-order valence-corrected chi connectivity index (χ1v) is 6.21. The summed E-state index contributed by atoms with van der Waals surface area (Å²) in [4.78, 5) is 4.12. The van der Waals surface area contributed by atoms with Gasteiger partial charge >= 0.3 is 0 Å². The zero-order valence-electron chi connectivity index (χ0n) is 9.97. The molecule has 0 aliphatic rings. The van der Waals surface area contributed by atoms with E-state index >= 15 is 0 Å². The van der Waals surface area contributed by atoms with Crippen LogP contribution in [0.1, 0.15) is 5.56 Å². The van der Waals surface area contributed by atoms with E-state index in [2.05, 4.69) is 11.1 Å². The predicted molar refractivity (Wildman–Crippen MR) is 76.9 cm³/mol. The summed E-state index contributed by atoms with van der Waals surface area (Å²) >= 11 is 6.23. The summed E-state index contributed by atoms with van der Waals surface area (Å²) in [5.41, 5.74) is 2.54. The van der Waals surface area contributed by atoms with Gasteiger partial charge in [0.1, 0.15) is 0 Å². The number of benzene rings is 2. The lowest BCUT2D eigenvalue weighted by Gasteiger charge is -2.09. The highest BCUT2D eigenvalue weighted by Crippen LogP contribution is 2.33. The lowest BCUT2D eigenvalue weighted by Crippen LogP contribution is -1.87. The van der Waals surface area contributed by atoms with E-state index in [0.29, 0.717) is 10.6 Å². The Morgan fingerprint density at radius 1 is 0.947 bits per heavy atom. The van der Waals surface area contributed by atoms with Gasteiger partial charge < -0.3 is 0 Å². The standard InChI is InChI=1S/C16H9ClN2/c17-16-7-8-19-10-15(16)14-6-5-11(9-18)12-3-1-2-4-13(12)14/h1-8,10H. The van der Waals surface area contributed by atoms with Gasteiger partial charge in [-0.15, -0.1) is 0 Å². The topological polar surface area (TPSA) is 36.7 Å². The third-order valence-electron chi connectivity index (χ3n) is 3.10. The molecule has 1 aromatic heterocycles. The van der Waals surface area contributed by atoms with E-state index in [1.165, 1.54) is 0 Å². The Kier molecular flexibility index (Phi) is 2.91. The zero-order chi connectivity index (χ0) is 13.2. The number of aromatic nitrogens is 1. The second-order valence-corrected chi connectivity index (χ2v) is 4.58. The fraction of sp³-hybridized carbons (Fsp3) is 0. The number of nitrogens with zero attached hydrogens (tertiary/aromatic N) is 2. The van der Waals surface area contributed by atoms with E-state index < -0.39 is 0 Å². The number of nitriles is 1. The summed E-state index contributed by atoms with van der Waals surface area (Å²) in [5.74, 6) is 0. The van der Waals surface area contributed by atoms with Gasteiger partial charge in [0.25, 0.3) is 0 Å². The van der Waals surface area contributed by atoms with Crippen molar-refractivity contribution < 1.29 is 0 Å². The molecule has 2 nitrogen and oxygen atoms in total. The Morgan fingerprint density at radius 2 is 1.74 bits per heavy atom. The summed E-state index contributed by atoms with van der Waals surface area (Å²) in [5, 5.41) is 11.8. The maximum atomic E-state index is 9.16. The summed E-state index contributed by atoms with van der Waals surface area (Å²) in [6.07, 6.45) is 3.41. The molecule has 0 aliphatic heterocycles. The third-order valence-corrected chi connectivity index (χ3v) is 3.43. The van der Waals surface area contributed by atoms with Crippen molar-refractivity contribution in [2.24, 2.45) is 0 Å². The Bertz CT molecular complexity index is 803. The van der Waals surface area contributed by atoms with E-state index in [-0.39, 0.29) is 0 Å². The van der Waals surface area contributed by atoms with E-state index in [1.807, 2.05) is 36.4 Å². The first-order chi connectivity index (χ1) is 9.31. The second-order valence-electron chi connectivity index (χ2n) is 4.17. The number of pyridine rings is 1. The van der Waals surface area contributed by atoms with Gasteiger partial charge in [0.2, 0.25) is 0 Å². The SMILES string of the molecule is N#Cc1ccc(-c2cnccc2Cl)c2ccccc12. The summed E-state index contributed by atoms with van der Waals surface area (Å²) in [6, 6.07) is 15.5. The van der Waals surface area contributed by atoms with Crippen LogP contribution in [0.25, 0.3) is 21.9 Å². The molecule has 0 radical (unpaired) electrons. The predicted octanol–water partition coefficient (Wildman–Crippen LogP) is 4.43. The number of hydrogen-bond acceptors (Lipinski definition) is 2. The Hall–Kier alpha value is -2.37. The molecule has 0 unspecified atom stereocenters. The molecule has 3 aromatic rings. The molecule has 0 saturated heterocycles. The Balaban J connectivity index is 2.39. The molecule has 0 aliphatic carbocycles. The highest BCUT2D eigenvalue weighted by atomic mass is 35.5. The quantitative estimate of drug-likeness (QED) is 0.652. The van der Waals surface area contributed by atoms with Crippen LogP contribution in [0.5, 0.6) is 0 Å². The fourth-order valence-electron chi connectivity index (χ4n) is 2.21. The summed E-state index contributed by atoms with van der Waals surface area (Å²) in [7, 11) is 0. The van der Waals surface area contributed by atoms with Crippen molar-refractivity contribution >= 4 is 22.4 Å². The van der Waals surface area contributed by atoms with Crippen LogP contribution in [-0.2, 0) is 0 Å². The van der Waals surface area contributed by atoms with Crippen LogP contribution in [0, 0.1) is 11.3 Å². The molecular formula is C16H9ClN2. The van der Waals surface area contributed by atoms with Crippen molar-refractivity contribution in [3.05, 3.63) is 65.4 Å². The molecule has 3 rings (SSSR count). The minimum Gasteiger partial charge on any atom is -0.264 e. The van der Waals surface area contributed by atoms with Gasteiger partial charge in [-0.3, -0.25) is 4.98 Å². The largest absolute Gasteiger partial charge is 0.264 e. The van der Waals surface area contributed by atoms with Crippen LogP contribution >= 0.6 is 11.6 Å². The highest BCUT2D eigenvalue weighted by Gasteiger charge is 2.09. The van der Waals surface area contributed by atoms with Crippen LogP contribution in [0.15, 0.2) is 54.9 Å². The molecule has 2 aromatic carbocycles. The smallest absolute Gasteiger partial charge is 0.0998 e. The molecular weight excluding hydrogens is 256 g/mol. The van der Waals surface area contributed by atoms with Crippen LogP contribution < -0.4 is 0 Å². The molecule has 1 heterocycles. The molecule has 0 N–H and O–H groups in total. The van der Waals surface area contributed by atoms with Crippen molar-refractivity contribution in [3.63, 3.8) is 0 Å². The first-order valence-electron chi connectivity index (χ1n) is 5.83. The average Bonchev–Trinajstić information content (AvgIpc) is 2.47. The van der Waals surface area contributed by atoms with Gasteiger partial charge in [0, 0.05) is 23.3 Å². The molecule has 3 heteroatoms. The lowest BCUT2D eigenvalue weighted by molar-refractivity contribution is 1.33. The number of hydrogen-bond donors (Lipinski definition) is 0.